The van der Waals surface area contributed by atoms with Gasteiger partial charge in [0.05, 0.1) is 10.4 Å². The topological polar surface area (TPSA) is 74.8 Å². The van der Waals surface area contributed by atoms with E-state index in [4.69, 9.17) is 0 Å². The molecule has 6 nitrogen and oxygen atoms in total. The van der Waals surface area contributed by atoms with Gasteiger partial charge in [0.2, 0.25) is 15.8 Å². The minimum Gasteiger partial charge on any atom is -0.336 e. The Hall–Kier alpha value is -3.07. The van der Waals surface area contributed by atoms with E-state index in [0.29, 0.717) is 16.0 Å². The zero-order valence-electron chi connectivity index (χ0n) is 17.3. The molecule has 3 aromatic rings. The first-order valence-electron chi connectivity index (χ1n) is 10.2. The Morgan fingerprint density at radius 1 is 0.812 bits per heavy atom. The quantitative estimate of drug-likeness (QED) is 0.519. The first kappa shape index (κ1) is 22.1. The lowest BCUT2D eigenvalue weighted by atomic mass is 10.0. The highest BCUT2D eigenvalue weighted by molar-refractivity contribution is 7.92. The van der Waals surface area contributed by atoms with Gasteiger partial charge in [-0.25, -0.2) is 8.42 Å². The highest BCUT2D eigenvalue weighted by Gasteiger charge is 2.29. The molecule has 0 atom stereocenters. The van der Waals surface area contributed by atoms with E-state index in [1.807, 2.05) is 35.7 Å². The number of rotatable bonds is 6. The molecule has 164 valence electrons. The van der Waals surface area contributed by atoms with Crippen LogP contribution in [0.4, 0.5) is 0 Å². The van der Waals surface area contributed by atoms with Crippen molar-refractivity contribution in [2.75, 3.05) is 26.2 Å². The fraction of sp³-hybridized carbons (Fsp3) is 0.167. The first-order valence-corrected chi connectivity index (χ1v) is 12.5. The van der Waals surface area contributed by atoms with Crippen LogP contribution in [-0.2, 0) is 10.0 Å². The molecule has 0 bridgehead atoms. The summed E-state index contributed by atoms with van der Waals surface area (Å²) in [6.07, 6.45) is 1.57. The van der Waals surface area contributed by atoms with Crippen molar-refractivity contribution < 1.29 is 18.0 Å². The lowest BCUT2D eigenvalue weighted by molar-refractivity contribution is 0.0695. The summed E-state index contributed by atoms with van der Waals surface area (Å²) in [5.41, 5.74) is 1.50. The molecule has 8 heteroatoms. The first-order chi connectivity index (χ1) is 15.5. The highest BCUT2D eigenvalue weighted by atomic mass is 32.2. The van der Waals surface area contributed by atoms with Crippen LogP contribution >= 0.6 is 11.3 Å². The van der Waals surface area contributed by atoms with E-state index in [1.54, 1.807) is 47.4 Å². The number of nitrogens with zero attached hydrogens (tertiary/aromatic N) is 2. The van der Waals surface area contributed by atoms with E-state index in [1.165, 1.54) is 21.1 Å². The second-order valence-corrected chi connectivity index (χ2v) is 10.1. The number of ketones is 1. The molecule has 0 aliphatic carbocycles. The van der Waals surface area contributed by atoms with Gasteiger partial charge in [0.15, 0.2) is 0 Å². The molecule has 0 spiro atoms. The van der Waals surface area contributed by atoms with Gasteiger partial charge in [-0.05, 0) is 29.2 Å². The molecule has 2 aromatic carbocycles. The summed E-state index contributed by atoms with van der Waals surface area (Å²) in [6, 6.07) is 19.5. The Balaban J connectivity index is 1.44. The van der Waals surface area contributed by atoms with Gasteiger partial charge in [0.25, 0.3) is 5.91 Å². The van der Waals surface area contributed by atoms with Gasteiger partial charge in [-0.1, -0.05) is 54.6 Å². The molecule has 0 N–H and O–H groups in total. The van der Waals surface area contributed by atoms with Gasteiger partial charge in [-0.2, -0.15) is 4.31 Å². The number of carbonyl (C=O) groups is 2. The number of hydrogen-bond acceptors (Lipinski definition) is 5. The van der Waals surface area contributed by atoms with Crippen molar-refractivity contribution >= 4 is 39.1 Å². The maximum Gasteiger partial charge on any atom is 0.254 e. The smallest absolute Gasteiger partial charge is 0.254 e. The third-order valence-corrected chi connectivity index (χ3v) is 7.70. The number of amides is 1. The van der Waals surface area contributed by atoms with Crippen LogP contribution in [0.3, 0.4) is 0 Å². The highest BCUT2D eigenvalue weighted by Crippen LogP contribution is 2.21. The van der Waals surface area contributed by atoms with Gasteiger partial charge in [0, 0.05) is 37.2 Å². The second kappa shape index (κ2) is 9.60. The molecule has 1 aliphatic heterocycles. The summed E-state index contributed by atoms with van der Waals surface area (Å²) < 4.78 is 26.7. The van der Waals surface area contributed by atoms with Crippen molar-refractivity contribution in [2.24, 2.45) is 0 Å². The predicted molar refractivity (Wildman–Crippen MR) is 126 cm³/mol. The SMILES string of the molecule is O=C(c1cccs1)c1ccccc1C(=O)N1CCN(S(=O)(=O)/C=C/c2ccccc2)CC1. The lowest BCUT2D eigenvalue weighted by Gasteiger charge is -2.33. The molecule has 0 radical (unpaired) electrons. The maximum atomic E-state index is 13.2. The third kappa shape index (κ3) is 4.88. The molecule has 1 fully saturated rings. The van der Waals surface area contributed by atoms with Crippen LogP contribution in [0.2, 0.25) is 0 Å². The van der Waals surface area contributed by atoms with Gasteiger partial charge in [-0.15, -0.1) is 11.3 Å². The van der Waals surface area contributed by atoms with Gasteiger partial charge in [-0.3, -0.25) is 9.59 Å². The monoisotopic (exact) mass is 466 g/mol. The van der Waals surface area contributed by atoms with E-state index in [-0.39, 0.29) is 37.9 Å². The normalized spacial score (nSPS) is 15.2. The zero-order chi connectivity index (χ0) is 22.6. The zero-order valence-corrected chi connectivity index (χ0v) is 18.9. The summed E-state index contributed by atoms with van der Waals surface area (Å²) >= 11 is 1.33. The molecule has 32 heavy (non-hydrogen) atoms. The average molecular weight is 467 g/mol. The van der Waals surface area contributed by atoms with Crippen LogP contribution in [0.25, 0.3) is 6.08 Å². The van der Waals surface area contributed by atoms with Crippen LogP contribution in [0.15, 0.2) is 77.5 Å². The minimum absolute atomic E-state index is 0.184. The van der Waals surface area contributed by atoms with Crippen LogP contribution < -0.4 is 0 Å². The largest absolute Gasteiger partial charge is 0.336 e. The molecule has 1 aromatic heterocycles. The molecule has 1 amide bonds. The van der Waals surface area contributed by atoms with E-state index in [9.17, 15) is 18.0 Å². The van der Waals surface area contributed by atoms with E-state index >= 15 is 0 Å². The standard InChI is InChI=1S/C24H22N2O4S2/c27-23(22-11-6-17-31-22)20-9-4-5-10-21(20)24(28)25-13-15-26(16-14-25)32(29,30)18-12-19-7-2-1-3-8-19/h1-12,17-18H,13-16H2/b18-12+. The number of benzene rings is 2. The maximum absolute atomic E-state index is 13.2. The van der Waals surface area contributed by atoms with E-state index in [0.717, 1.165) is 5.56 Å². The Bertz CT molecular complexity index is 1230. The Kier molecular flexibility index (Phi) is 6.64. The summed E-state index contributed by atoms with van der Waals surface area (Å²) in [7, 11) is -3.58. The number of thiophene rings is 1. The molecular weight excluding hydrogens is 444 g/mol. The van der Waals surface area contributed by atoms with Gasteiger partial charge < -0.3 is 4.90 Å². The Morgan fingerprint density at radius 2 is 1.47 bits per heavy atom. The van der Waals surface area contributed by atoms with Crippen LogP contribution in [0.5, 0.6) is 0 Å². The summed E-state index contributed by atoms with van der Waals surface area (Å²) in [4.78, 5) is 28.2. The van der Waals surface area contributed by atoms with Crippen molar-refractivity contribution in [2.45, 2.75) is 0 Å². The van der Waals surface area contributed by atoms with Gasteiger partial charge in [0.1, 0.15) is 0 Å². The summed E-state index contributed by atoms with van der Waals surface area (Å²) in [6.45, 7) is 0.931. The fourth-order valence-electron chi connectivity index (χ4n) is 3.54. The van der Waals surface area contributed by atoms with Gasteiger partial charge >= 0.3 is 0 Å². The van der Waals surface area contributed by atoms with Crippen LogP contribution in [-0.4, -0.2) is 55.5 Å². The predicted octanol–water partition coefficient (Wildman–Crippen LogP) is 3.74. The average Bonchev–Trinajstić information content (AvgIpc) is 3.38. The molecule has 0 saturated carbocycles. The minimum atomic E-state index is -3.58. The molecule has 0 unspecified atom stereocenters. The molecular formula is C24H22N2O4S2. The third-order valence-electron chi connectivity index (χ3n) is 5.26. The van der Waals surface area contributed by atoms with Crippen molar-refractivity contribution in [1.29, 1.82) is 0 Å². The second-order valence-electron chi connectivity index (χ2n) is 7.30. The van der Waals surface area contributed by atoms with Crippen LogP contribution in [0, 0.1) is 0 Å². The van der Waals surface area contributed by atoms with Crippen LogP contribution in [0.1, 0.15) is 31.2 Å². The Morgan fingerprint density at radius 3 is 2.12 bits per heavy atom. The fourth-order valence-corrected chi connectivity index (χ4v) is 5.39. The van der Waals surface area contributed by atoms with Crippen molar-refractivity contribution in [1.82, 2.24) is 9.21 Å². The number of piperazine rings is 1. The van der Waals surface area contributed by atoms with Crippen molar-refractivity contribution in [3.63, 3.8) is 0 Å². The summed E-state index contributed by atoms with van der Waals surface area (Å²) in [5.74, 6) is -0.446. The molecule has 4 rings (SSSR count). The molecule has 1 aliphatic rings. The van der Waals surface area contributed by atoms with E-state index in [2.05, 4.69) is 0 Å². The summed E-state index contributed by atoms with van der Waals surface area (Å²) in [5, 5.41) is 3.03. The Labute approximate surface area is 191 Å². The number of hydrogen-bond donors (Lipinski definition) is 0. The number of carbonyl (C=O) groups excluding carboxylic acids is 2. The molecule has 2 heterocycles. The van der Waals surface area contributed by atoms with Crippen molar-refractivity contribution in [3.05, 3.63) is 99.1 Å². The van der Waals surface area contributed by atoms with E-state index < -0.39 is 10.0 Å². The molecule has 1 saturated heterocycles. The number of sulfonamides is 1. The van der Waals surface area contributed by atoms with Crippen molar-refractivity contribution in [3.8, 4) is 0 Å². The lowest BCUT2D eigenvalue weighted by Crippen LogP contribution is -2.50.